The second kappa shape index (κ2) is 12.3. The molecule has 0 amide bonds. The van der Waals surface area contributed by atoms with Crippen LogP contribution < -0.4 is 0 Å². The molecule has 0 unspecified atom stereocenters. The zero-order chi connectivity index (χ0) is 17.7. The monoisotopic (exact) mass is 354 g/mol. The van der Waals surface area contributed by atoms with Gasteiger partial charge in [0.1, 0.15) is 5.82 Å². The van der Waals surface area contributed by atoms with Crippen LogP contribution in [-0.2, 0) is 25.6 Å². The van der Waals surface area contributed by atoms with Crippen molar-refractivity contribution in [2.45, 2.75) is 44.3 Å². The fraction of sp³-hybridized carbons (Fsp3) is 0.778. The number of nitrogens with zero attached hydrogens (tertiary/aromatic N) is 2. The van der Waals surface area contributed by atoms with Crippen LogP contribution in [0.4, 0.5) is 0 Å². The minimum absolute atomic E-state index is 0.0363. The fourth-order valence-corrected chi connectivity index (χ4v) is 2.92. The molecular weight excluding hydrogens is 324 g/mol. The van der Waals surface area contributed by atoms with Crippen molar-refractivity contribution in [2.24, 2.45) is 0 Å². The highest BCUT2D eigenvalue weighted by Gasteiger charge is 2.24. The quantitative estimate of drug-likeness (QED) is 0.572. The number of aliphatic hydroxyl groups excluding tert-OH is 1. The van der Waals surface area contributed by atoms with E-state index in [0.29, 0.717) is 57.4 Å². The molecule has 0 aromatic carbocycles. The Hall–Kier alpha value is -1.12. The third kappa shape index (κ3) is 7.75. The van der Waals surface area contributed by atoms with E-state index in [9.17, 15) is 5.11 Å². The first-order valence-corrected chi connectivity index (χ1v) is 9.02. The van der Waals surface area contributed by atoms with E-state index >= 15 is 0 Å². The summed E-state index contributed by atoms with van der Waals surface area (Å²) in [6, 6.07) is 1.75. The van der Waals surface area contributed by atoms with Crippen molar-refractivity contribution in [3.8, 4) is 0 Å². The SMILES string of the molecule is COCCOCCOCCO[C@H]1CC[C@H](c2nccc(CO)n2)CC1. The number of ether oxygens (including phenoxy) is 4. The maximum atomic E-state index is 9.18. The standard InChI is InChI=1S/C18H30N2O5/c1-22-8-9-23-10-11-24-12-13-25-17-4-2-15(3-5-17)18-19-7-6-16(14-21)20-18/h6-7,15,17,21H,2-5,8-14H2,1H3/t15-,17-. The zero-order valence-corrected chi connectivity index (χ0v) is 15.1. The molecule has 0 saturated heterocycles. The highest BCUT2D eigenvalue weighted by Crippen LogP contribution is 2.32. The summed E-state index contributed by atoms with van der Waals surface area (Å²) in [5.41, 5.74) is 0.687. The Morgan fingerprint density at radius 3 is 2.36 bits per heavy atom. The normalized spacial score (nSPS) is 20.7. The molecule has 1 aromatic heterocycles. The summed E-state index contributed by atoms with van der Waals surface area (Å²) in [5, 5.41) is 9.18. The number of rotatable bonds is 12. The highest BCUT2D eigenvalue weighted by molar-refractivity contribution is 5.05. The molecule has 2 rings (SSSR count). The van der Waals surface area contributed by atoms with E-state index in [0.717, 1.165) is 31.5 Å². The van der Waals surface area contributed by atoms with Crippen molar-refractivity contribution >= 4 is 0 Å². The fourth-order valence-electron chi connectivity index (χ4n) is 2.92. The second-order valence-corrected chi connectivity index (χ2v) is 6.13. The van der Waals surface area contributed by atoms with E-state index < -0.39 is 0 Å². The molecule has 1 saturated carbocycles. The maximum Gasteiger partial charge on any atom is 0.131 e. The molecule has 1 aromatic rings. The molecule has 0 radical (unpaired) electrons. The average Bonchev–Trinajstić information content (AvgIpc) is 2.67. The van der Waals surface area contributed by atoms with Gasteiger partial charge < -0.3 is 24.1 Å². The van der Waals surface area contributed by atoms with Crippen LogP contribution in [0.25, 0.3) is 0 Å². The molecule has 1 aliphatic rings. The molecule has 1 N–H and O–H groups in total. The summed E-state index contributed by atoms with van der Waals surface area (Å²) in [5.74, 6) is 1.22. The van der Waals surface area contributed by atoms with E-state index in [-0.39, 0.29) is 6.61 Å². The van der Waals surface area contributed by atoms with Gasteiger partial charge in [0.2, 0.25) is 0 Å². The predicted molar refractivity (Wildman–Crippen MR) is 92.4 cm³/mol. The van der Waals surface area contributed by atoms with Crippen LogP contribution in [0.3, 0.4) is 0 Å². The van der Waals surface area contributed by atoms with E-state index in [1.807, 2.05) is 0 Å². The van der Waals surface area contributed by atoms with E-state index in [1.165, 1.54) is 0 Å². The van der Waals surface area contributed by atoms with Gasteiger partial charge in [0.05, 0.1) is 58.0 Å². The molecule has 7 nitrogen and oxygen atoms in total. The van der Waals surface area contributed by atoms with Crippen LogP contribution in [0.5, 0.6) is 0 Å². The van der Waals surface area contributed by atoms with Crippen LogP contribution >= 0.6 is 0 Å². The first-order valence-electron chi connectivity index (χ1n) is 9.02. The lowest BCUT2D eigenvalue weighted by atomic mass is 9.87. The molecule has 142 valence electrons. The molecule has 0 aliphatic heterocycles. The Kier molecular flexibility index (Phi) is 9.91. The lowest BCUT2D eigenvalue weighted by molar-refractivity contribution is -0.0269. The van der Waals surface area contributed by atoms with Gasteiger partial charge in [-0.15, -0.1) is 0 Å². The Labute approximate surface area is 149 Å². The Morgan fingerprint density at radius 2 is 1.68 bits per heavy atom. The third-order valence-electron chi connectivity index (χ3n) is 4.32. The Balaban J connectivity index is 1.52. The smallest absolute Gasteiger partial charge is 0.131 e. The minimum atomic E-state index is -0.0363. The van der Waals surface area contributed by atoms with Crippen molar-refractivity contribution in [1.29, 1.82) is 0 Å². The number of aromatic nitrogens is 2. The number of hydrogen-bond donors (Lipinski definition) is 1. The van der Waals surface area contributed by atoms with Crippen LogP contribution in [0.15, 0.2) is 12.3 Å². The summed E-state index contributed by atoms with van der Waals surface area (Å²) in [7, 11) is 1.66. The van der Waals surface area contributed by atoms with E-state index in [2.05, 4.69) is 9.97 Å². The van der Waals surface area contributed by atoms with Crippen molar-refractivity contribution < 1.29 is 24.1 Å². The van der Waals surface area contributed by atoms with E-state index in [1.54, 1.807) is 19.4 Å². The average molecular weight is 354 g/mol. The topological polar surface area (TPSA) is 82.9 Å². The summed E-state index contributed by atoms with van der Waals surface area (Å²) >= 11 is 0. The van der Waals surface area contributed by atoms with Crippen LogP contribution in [0, 0.1) is 0 Å². The first kappa shape index (κ1) is 20.2. The Bertz CT molecular complexity index is 467. The van der Waals surface area contributed by atoms with Gasteiger partial charge in [-0.05, 0) is 31.7 Å². The zero-order valence-electron chi connectivity index (χ0n) is 15.1. The van der Waals surface area contributed by atoms with Crippen LogP contribution in [0.1, 0.15) is 43.1 Å². The van der Waals surface area contributed by atoms with Gasteiger partial charge in [-0.25, -0.2) is 9.97 Å². The summed E-state index contributed by atoms with van der Waals surface area (Å²) in [4.78, 5) is 8.78. The summed E-state index contributed by atoms with van der Waals surface area (Å²) < 4.78 is 21.6. The van der Waals surface area contributed by atoms with Gasteiger partial charge in [0.25, 0.3) is 0 Å². The third-order valence-corrected chi connectivity index (χ3v) is 4.32. The van der Waals surface area contributed by atoms with Crippen molar-refractivity contribution in [1.82, 2.24) is 9.97 Å². The molecule has 1 fully saturated rings. The van der Waals surface area contributed by atoms with E-state index in [4.69, 9.17) is 18.9 Å². The van der Waals surface area contributed by atoms with Gasteiger partial charge in [0.15, 0.2) is 0 Å². The van der Waals surface area contributed by atoms with Crippen molar-refractivity contribution in [2.75, 3.05) is 46.8 Å². The molecule has 0 atom stereocenters. The van der Waals surface area contributed by atoms with Crippen molar-refractivity contribution in [3.63, 3.8) is 0 Å². The molecule has 0 spiro atoms. The molecule has 1 aliphatic carbocycles. The summed E-state index contributed by atoms with van der Waals surface area (Å²) in [6.07, 6.45) is 6.09. The second-order valence-electron chi connectivity index (χ2n) is 6.13. The number of methoxy groups -OCH3 is 1. The van der Waals surface area contributed by atoms with Gasteiger partial charge in [0, 0.05) is 19.2 Å². The maximum absolute atomic E-state index is 9.18. The van der Waals surface area contributed by atoms with Gasteiger partial charge >= 0.3 is 0 Å². The molecule has 7 heteroatoms. The molecule has 0 bridgehead atoms. The predicted octanol–water partition coefficient (Wildman–Crippen LogP) is 1.69. The number of hydrogen-bond acceptors (Lipinski definition) is 7. The summed E-state index contributed by atoms with van der Waals surface area (Å²) in [6.45, 7) is 3.55. The van der Waals surface area contributed by atoms with Crippen molar-refractivity contribution in [3.05, 3.63) is 23.8 Å². The van der Waals surface area contributed by atoms with Gasteiger partial charge in [-0.3, -0.25) is 0 Å². The van der Waals surface area contributed by atoms with Gasteiger partial charge in [-0.1, -0.05) is 0 Å². The number of aliphatic hydroxyl groups is 1. The molecule has 1 heterocycles. The minimum Gasteiger partial charge on any atom is -0.390 e. The highest BCUT2D eigenvalue weighted by atomic mass is 16.6. The molecule has 25 heavy (non-hydrogen) atoms. The lowest BCUT2D eigenvalue weighted by Gasteiger charge is -2.27. The molecular formula is C18H30N2O5. The first-order chi connectivity index (χ1) is 12.3. The Morgan fingerprint density at radius 1 is 1.00 bits per heavy atom. The largest absolute Gasteiger partial charge is 0.390 e. The van der Waals surface area contributed by atoms with Crippen LogP contribution in [-0.4, -0.2) is 67.9 Å². The van der Waals surface area contributed by atoms with Gasteiger partial charge in [-0.2, -0.15) is 0 Å². The lowest BCUT2D eigenvalue weighted by Crippen LogP contribution is -2.23. The van der Waals surface area contributed by atoms with Crippen LogP contribution in [0.2, 0.25) is 0 Å².